The van der Waals surface area contributed by atoms with E-state index >= 15 is 0 Å². The van der Waals surface area contributed by atoms with Crippen molar-refractivity contribution in [1.82, 2.24) is 9.97 Å². The summed E-state index contributed by atoms with van der Waals surface area (Å²) in [5.74, 6) is 0.991. The lowest BCUT2D eigenvalue weighted by Crippen LogP contribution is -2.28. The maximum atomic E-state index is 12.3. The fourth-order valence-corrected chi connectivity index (χ4v) is 2.94. The zero-order valence-corrected chi connectivity index (χ0v) is 14.1. The van der Waals surface area contributed by atoms with E-state index < -0.39 is 6.09 Å². The number of nitrogens with one attached hydrogen (secondary N) is 1. The van der Waals surface area contributed by atoms with Crippen molar-refractivity contribution in [3.05, 3.63) is 84.1 Å². The van der Waals surface area contributed by atoms with Crippen molar-refractivity contribution in [3.63, 3.8) is 0 Å². The second-order valence-electron chi connectivity index (χ2n) is 5.95. The van der Waals surface area contributed by atoms with Gasteiger partial charge in [-0.2, -0.15) is 4.98 Å². The van der Waals surface area contributed by atoms with E-state index in [-0.39, 0.29) is 6.04 Å². The number of carbonyl (C=O) groups is 1. The Kier molecular flexibility index (Phi) is 4.47. The molecule has 26 heavy (non-hydrogen) atoms. The molecule has 6 nitrogen and oxygen atoms in total. The first-order valence-corrected chi connectivity index (χ1v) is 8.43. The highest BCUT2D eigenvalue weighted by molar-refractivity contribution is 5.89. The van der Waals surface area contributed by atoms with Gasteiger partial charge >= 0.3 is 6.09 Å². The molecule has 3 aromatic rings. The summed E-state index contributed by atoms with van der Waals surface area (Å²) in [6.45, 7) is 0.913. The van der Waals surface area contributed by atoms with Crippen LogP contribution >= 0.6 is 0 Å². The van der Waals surface area contributed by atoms with Gasteiger partial charge in [0.2, 0.25) is 5.95 Å². The van der Waals surface area contributed by atoms with Gasteiger partial charge in [-0.05, 0) is 17.2 Å². The maximum Gasteiger partial charge on any atom is 0.416 e. The van der Waals surface area contributed by atoms with Crippen LogP contribution in [0.15, 0.2) is 72.9 Å². The Morgan fingerprint density at radius 3 is 2.54 bits per heavy atom. The summed E-state index contributed by atoms with van der Waals surface area (Å²) in [5, 5.41) is 3.19. The van der Waals surface area contributed by atoms with Gasteiger partial charge in [0.25, 0.3) is 0 Å². The van der Waals surface area contributed by atoms with E-state index in [4.69, 9.17) is 4.74 Å². The summed E-state index contributed by atoms with van der Waals surface area (Å²) in [5.41, 5.74) is 2.14. The molecular weight excluding hydrogens is 328 g/mol. The molecule has 1 aliphatic rings. The van der Waals surface area contributed by atoms with Gasteiger partial charge in [-0.3, -0.25) is 4.90 Å². The van der Waals surface area contributed by atoms with E-state index in [0.29, 0.717) is 24.9 Å². The first-order valence-electron chi connectivity index (χ1n) is 8.43. The number of anilines is 2. The topological polar surface area (TPSA) is 67.3 Å². The molecule has 1 fully saturated rings. The standard InChI is InChI=1S/C20H18N4O2/c25-20-24(17(14-26-20)16-9-5-2-6-10-16)18-11-12-21-19(23-18)22-13-15-7-3-1-4-8-15/h1-12,17H,13-14H2,(H,21,22,23)/t17-/m1/s1. The van der Waals surface area contributed by atoms with Crippen molar-refractivity contribution in [2.24, 2.45) is 0 Å². The Bertz CT molecular complexity index is 887. The third-order valence-electron chi connectivity index (χ3n) is 4.24. The molecule has 0 spiro atoms. The fraction of sp³-hybridized carbons (Fsp3) is 0.150. The van der Waals surface area contributed by atoms with Crippen LogP contribution in [0.5, 0.6) is 0 Å². The Hall–Kier alpha value is -3.41. The summed E-state index contributed by atoms with van der Waals surface area (Å²) in [4.78, 5) is 22.6. The molecule has 1 N–H and O–H groups in total. The lowest BCUT2D eigenvalue weighted by atomic mass is 10.1. The van der Waals surface area contributed by atoms with E-state index in [9.17, 15) is 4.79 Å². The molecule has 1 saturated heterocycles. The second-order valence-corrected chi connectivity index (χ2v) is 5.95. The summed E-state index contributed by atoms with van der Waals surface area (Å²) < 4.78 is 5.26. The molecule has 1 aliphatic heterocycles. The molecule has 1 atom stereocenters. The average Bonchev–Trinajstić information content (AvgIpc) is 3.09. The number of rotatable bonds is 5. The first kappa shape index (κ1) is 16.1. The summed E-state index contributed by atoms with van der Waals surface area (Å²) in [6.07, 6.45) is 1.25. The zero-order chi connectivity index (χ0) is 17.8. The zero-order valence-electron chi connectivity index (χ0n) is 14.1. The Labute approximate surface area is 151 Å². The number of carbonyl (C=O) groups excluding carboxylic acids is 1. The van der Waals surface area contributed by atoms with Gasteiger partial charge in [0.1, 0.15) is 18.5 Å². The fourth-order valence-electron chi connectivity index (χ4n) is 2.94. The lowest BCUT2D eigenvalue weighted by molar-refractivity contribution is 0.179. The molecule has 0 saturated carbocycles. The summed E-state index contributed by atoms with van der Waals surface area (Å²) in [7, 11) is 0. The van der Waals surface area contributed by atoms with Crippen LogP contribution in [0.2, 0.25) is 0 Å². The van der Waals surface area contributed by atoms with Crippen LogP contribution in [-0.2, 0) is 11.3 Å². The molecule has 0 aliphatic carbocycles. The smallest absolute Gasteiger partial charge is 0.416 e. The number of aromatic nitrogens is 2. The first-order chi connectivity index (χ1) is 12.8. The van der Waals surface area contributed by atoms with Gasteiger partial charge in [0, 0.05) is 12.7 Å². The molecule has 2 aromatic carbocycles. The largest absolute Gasteiger partial charge is 0.447 e. The van der Waals surface area contributed by atoms with Crippen LogP contribution in [0, 0.1) is 0 Å². The molecule has 0 unspecified atom stereocenters. The number of amides is 1. The van der Waals surface area contributed by atoms with E-state index in [2.05, 4.69) is 15.3 Å². The molecular formula is C20H18N4O2. The number of hydrogen-bond acceptors (Lipinski definition) is 5. The molecule has 0 bridgehead atoms. The highest BCUT2D eigenvalue weighted by Gasteiger charge is 2.36. The summed E-state index contributed by atoms with van der Waals surface area (Å²) in [6, 6.07) is 21.3. The maximum absolute atomic E-state index is 12.3. The van der Waals surface area contributed by atoms with Crippen molar-refractivity contribution < 1.29 is 9.53 Å². The van der Waals surface area contributed by atoms with E-state index in [1.807, 2.05) is 60.7 Å². The molecule has 4 rings (SSSR count). The van der Waals surface area contributed by atoms with Gasteiger partial charge in [-0.1, -0.05) is 60.7 Å². The molecule has 0 radical (unpaired) electrons. The van der Waals surface area contributed by atoms with Crippen LogP contribution in [0.3, 0.4) is 0 Å². The second kappa shape index (κ2) is 7.23. The van der Waals surface area contributed by atoms with Gasteiger partial charge in [-0.15, -0.1) is 0 Å². The predicted octanol–water partition coefficient (Wildman–Crippen LogP) is 3.79. The average molecular weight is 346 g/mol. The number of cyclic esters (lactones) is 1. The number of hydrogen-bond donors (Lipinski definition) is 1. The van der Waals surface area contributed by atoms with Crippen molar-refractivity contribution in [3.8, 4) is 0 Å². The van der Waals surface area contributed by atoms with Crippen molar-refractivity contribution in [1.29, 1.82) is 0 Å². The van der Waals surface area contributed by atoms with Gasteiger partial charge in [-0.25, -0.2) is 9.78 Å². The van der Waals surface area contributed by atoms with E-state index in [1.54, 1.807) is 17.2 Å². The highest BCUT2D eigenvalue weighted by atomic mass is 16.6. The Morgan fingerprint density at radius 1 is 1.04 bits per heavy atom. The van der Waals surface area contributed by atoms with Crippen molar-refractivity contribution in [2.75, 3.05) is 16.8 Å². The van der Waals surface area contributed by atoms with Crippen LogP contribution in [-0.4, -0.2) is 22.7 Å². The molecule has 130 valence electrons. The minimum atomic E-state index is -0.397. The van der Waals surface area contributed by atoms with Crippen molar-refractivity contribution in [2.45, 2.75) is 12.6 Å². The van der Waals surface area contributed by atoms with Gasteiger partial charge in [0.05, 0.1) is 0 Å². The van der Waals surface area contributed by atoms with Crippen LogP contribution in [0.4, 0.5) is 16.6 Å². The lowest BCUT2D eigenvalue weighted by Gasteiger charge is -2.21. The Morgan fingerprint density at radius 2 is 1.77 bits per heavy atom. The molecule has 1 aromatic heterocycles. The predicted molar refractivity (Wildman–Crippen MR) is 98.8 cm³/mol. The SMILES string of the molecule is O=C1OC[C@H](c2ccccc2)N1c1ccnc(NCc2ccccc2)n1. The quantitative estimate of drug-likeness (QED) is 0.761. The van der Waals surface area contributed by atoms with Crippen molar-refractivity contribution >= 4 is 17.9 Å². The third-order valence-corrected chi connectivity index (χ3v) is 4.24. The molecule has 6 heteroatoms. The normalized spacial score (nSPS) is 16.4. The third kappa shape index (κ3) is 3.35. The molecule has 2 heterocycles. The summed E-state index contributed by atoms with van der Waals surface area (Å²) >= 11 is 0. The highest BCUT2D eigenvalue weighted by Crippen LogP contribution is 2.31. The van der Waals surface area contributed by atoms with Crippen LogP contribution < -0.4 is 10.2 Å². The van der Waals surface area contributed by atoms with E-state index in [1.165, 1.54) is 0 Å². The number of ether oxygens (including phenoxy) is 1. The minimum absolute atomic E-state index is 0.194. The van der Waals surface area contributed by atoms with E-state index in [0.717, 1.165) is 11.1 Å². The van der Waals surface area contributed by atoms with Crippen LogP contribution in [0.25, 0.3) is 0 Å². The molecule has 1 amide bonds. The monoisotopic (exact) mass is 346 g/mol. The number of nitrogens with zero attached hydrogens (tertiary/aromatic N) is 3. The number of benzene rings is 2. The minimum Gasteiger partial charge on any atom is -0.447 e. The van der Waals surface area contributed by atoms with Crippen LogP contribution in [0.1, 0.15) is 17.2 Å². The van der Waals surface area contributed by atoms with Gasteiger partial charge < -0.3 is 10.1 Å². The van der Waals surface area contributed by atoms with Gasteiger partial charge in [0.15, 0.2) is 0 Å². The Balaban J connectivity index is 1.55.